The summed E-state index contributed by atoms with van der Waals surface area (Å²) in [5.41, 5.74) is -0.795. The molecule has 1 saturated heterocycles. The van der Waals surface area contributed by atoms with E-state index in [2.05, 4.69) is 5.32 Å². The molecule has 2 atom stereocenters. The third-order valence-corrected chi connectivity index (χ3v) is 4.34. The quantitative estimate of drug-likeness (QED) is 0.620. The number of methoxy groups -OCH3 is 2. The van der Waals surface area contributed by atoms with Gasteiger partial charge in [-0.05, 0) is 31.5 Å². The van der Waals surface area contributed by atoms with Crippen molar-refractivity contribution in [1.82, 2.24) is 5.32 Å². The number of carbonyl (C=O) groups is 3. The SMILES string of the molecule is CCOc1cc(C(C)(C(=O)OC)C2CC(=O)NC2=O)ccc1OC. The van der Waals surface area contributed by atoms with E-state index in [1.54, 1.807) is 25.1 Å². The van der Waals surface area contributed by atoms with Crippen molar-refractivity contribution in [3.8, 4) is 11.5 Å². The molecule has 2 rings (SSSR count). The van der Waals surface area contributed by atoms with Crippen LogP contribution in [0, 0.1) is 5.92 Å². The van der Waals surface area contributed by atoms with E-state index in [1.165, 1.54) is 14.2 Å². The molecule has 2 amide bonds. The predicted octanol–water partition coefficient (Wildman–Crippen LogP) is 1.19. The molecule has 1 aromatic rings. The zero-order valence-electron chi connectivity index (χ0n) is 14.2. The first kappa shape index (κ1) is 17.8. The molecule has 130 valence electrons. The summed E-state index contributed by atoms with van der Waals surface area (Å²) < 4.78 is 15.7. The second-order valence-electron chi connectivity index (χ2n) is 5.66. The number of nitrogens with one attached hydrogen (secondary N) is 1. The molecule has 24 heavy (non-hydrogen) atoms. The maximum absolute atomic E-state index is 12.5. The van der Waals surface area contributed by atoms with Crippen molar-refractivity contribution in [2.45, 2.75) is 25.7 Å². The van der Waals surface area contributed by atoms with Gasteiger partial charge in [-0.1, -0.05) is 6.07 Å². The largest absolute Gasteiger partial charge is 0.493 e. The first-order chi connectivity index (χ1) is 11.4. The standard InChI is InChI=1S/C17H21NO6/c1-5-24-13-8-10(6-7-12(13)22-3)17(2,16(21)23-4)11-9-14(19)18-15(11)20/h6-8,11H,5,9H2,1-4H3,(H,18,19,20). The van der Waals surface area contributed by atoms with Gasteiger partial charge in [0, 0.05) is 6.42 Å². The van der Waals surface area contributed by atoms with Crippen LogP contribution in [0.1, 0.15) is 25.8 Å². The van der Waals surface area contributed by atoms with Crippen molar-refractivity contribution in [2.75, 3.05) is 20.8 Å². The number of amides is 2. The van der Waals surface area contributed by atoms with Crippen LogP contribution in [0.15, 0.2) is 18.2 Å². The fourth-order valence-electron chi connectivity index (χ4n) is 2.96. The van der Waals surface area contributed by atoms with E-state index >= 15 is 0 Å². The van der Waals surface area contributed by atoms with Gasteiger partial charge in [-0.15, -0.1) is 0 Å². The number of carbonyl (C=O) groups excluding carboxylic acids is 3. The third kappa shape index (κ3) is 2.93. The van der Waals surface area contributed by atoms with Gasteiger partial charge < -0.3 is 14.2 Å². The minimum atomic E-state index is -1.32. The van der Waals surface area contributed by atoms with Gasteiger partial charge in [0.2, 0.25) is 11.8 Å². The number of hydrogen-bond donors (Lipinski definition) is 1. The molecular weight excluding hydrogens is 314 g/mol. The summed E-state index contributed by atoms with van der Waals surface area (Å²) in [6.45, 7) is 3.84. The second-order valence-corrected chi connectivity index (χ2v) is 5.66. The van der Waals surface area contributed by atoms with Gasteiger partial charge in [-0.3, -0.25) is 19.7 Å². The van der Waals surface area contributed by atoms with E-state index in [0.29, 0.717) is 23.7 Å². The van der Waals surface area contributed by atoms with Crippen LogP contribution in [0.4, 0.5) is 0 Å². The lowest BCUT2D eigenvalue weighted by Gasteiger charge is -2.31. The smallest absolute Gasteiger partial charge is 0.316 e. The third-order valence-electron chi connectivity index (χ3n) is 4.34. The molecule has 7 nitrogen and oxygen atoms in total. The predicted molar refractivity (Wildman–Crippen MR) is 84.8 cm³/mol. The topological polar surface area (TPSA) is 90.9 Å². The molecule has 1 aromatic carbocycles. The normalized spacial score (nSPS) is 19.4. The second kappa shape index (κ2) is 6.90. The van der Waals surface area contributed by atoms with E-state index in [1.807, 2.05) is 6.92 Å². The number of esters is 1. The molecule has 7 heteroatoms. The van der Waals surface area contributed by atoms with E-state index in [-0.39, 0.29) is 6.42 Å². The van der Waals surface area contributed by atoms with E-state index in [0.717, 1.165) is 0 Å². The summed E-state index contributed by atoms with van der Waals surface area (Å²) in [6.07, 6.45) is -0.0690. The van der Waals surface area contributed by atoms with Crippen LogP contribution < -0.4 is 14.8 Å². The summed E-state index contributed by atoms with van der Waals surface area (Å²) in [5, 5.41) is 2.24. The lowest BCUT2D eigenvalue weighted by Crippen LogP contribution is -2.44. The van der Waals surface area contributed by atoms with Crippen molar-refractivity contribution in [3.05, 3.63) is 23.8 Å². The Hall–Kier alpha value is -2.57. The highest BCUT2D eigenvalue weighted by Gasteiger charge is 2.51. The van der Waals surface area contributed by atoms with E-state index in [4.69, 9.17) is 14.2 Å². The first-order valence-electron chi connectivity index (χ1n) is 7.61. The van der Waals surface area contributed by atoms with Crippen molar-refractivity contribution in [3.63, 3.8) is 0 Å². The van der Waals surface area contributed by atoms with Crippen LogP contribution in [-0.2, 0) is 24.5 Å². The number of hydrogen-bond acceptors (Lipinski definition) is 6. The lowest BCUT2D eigenvalue weighted by atomic mass is 9.70. The summed E-state index contributed by atoms with van der Waals surface area (Å²) >= 11 is 0. The molecule has 0 bridgehead atoms. The van der Waals surface area contributed by atoms with Gasteiger partial charge in [-0.25, -0.2) is 0 Å². The molecular formula is C17H21NO6. The summed E-state index contributed by atoms with van der Waals surface area (Å²) in [5.74, 6) is -1.36. The minimum absolute atomic E-state index is 0.0690. The fourth-order valence-corrected chi connectivity index (χ4v) is 2.96. The van der Waals surface area contributed by atoms with Crippen LogP contribution in [0.3, 0.4) is 0 Å². The Balaban J connectivity index is 2.56. The highest BCUT2D eigenvalue weighted by Crippen LogP contribution is 2.41. The number of ether oxygens (including phenoxy) is 3. The molecule has 1 N–H and O–H groups in total. The number of benzene rings is 1. The zero-order chi connectivity index (χ0) is 17.9. The number of rotatable bonds is 6. The molecule has 1 aliphatic rings. The number of imide groups is 1. The maximum Gasteiger partial charge on any atom is 0.316 e. The monoisotopic (exact) mass is 335 g/mol. The van der Waals surface area contributed by atoms with Crippen molar-refractivity contribution in [1.29, 1.82) is 0 Å². The summed E-state index contributed by atoms with van der Waals surface area (Å²) in [6, 6.07) is 4.99. The Bertz CT molecular complexity index is 671. The Morgan fingerprint density at radius 3 is 2.50 bits per heavy atom. The molecule has 2 unspecified atom stereocenters. The Kier molecular flexibility index (Phi) is 5.11. The molecule has 0 aromatic heterocycles. The van der Waals surface area contributed by atoms with Gasteiger partial charge in [0.1, 0.15) is 5.41 Å². The Labute approximate surface area is 140 Å². The Morgan fingerprint density at radius 1 is 1.29 bits per heavy atom. The minimum Gasteiger partial charge on any atom is -0.493 e. The molecule has 0 aliphatic carbocycles. The maximum atomic E-state index is 12.5. The van der Waals surface area contributed by atoms with Crippen LogP contribution in [-0.4, -0.2) is 38.6 Å². The van der Waals surface area contributed by atoms with Gasteiger partial charge in [0.25, 0.3) is 0 Å². The van der Waals surface area contributed by atoms with Gasteiger partial charge in [-0.2, -0.15) is 0 Å². The molecule has 0 radical (unpaired) electrons. The van der Waals surface area contributed by atoms with Crippen LogP contribution in [0.2, 0.25) is 0 Å². The van der Waals surface area contributed by atoms with Gasteiger partial charge >= 0.3 is 5.97 Å². The Morgan fingerprint density at radius 2 is 2.00 bits per heavy atom. The first-order valence-corrected chi connectivity index (χ1v) is 7.61. The van der Waals surface area contributed by atoms with Gasteiger partial charge in [0.05, 0.1) is 26.7 Å². The fraction of sp³-hybridized carbons (Fsp3) is 0.471. The van der Waals surface area contributed by atoms with Crippen LogP contribution in [0.5, 0.6) is 11.5 Å². The zero-order valence-corrected chi connectivity index (χ0v) is 14.2. The molecule has 1 heterocycles. The van der Waals surface area contributed by atoms with Crippen molar-refractivity contribution < 1.29 is 28.6 Å². The van der Waals surface area contributed by atoms with Crippen molar-refractivity contribution >= 4 is 17.8 Å². The average molecular weight is 335 g/mol. The molecule has 1 aliphatic heterocycles. The van der Waals surface area contributed by atoms with Gasteiger partial charge in [0.15, 0.2) is 11.5 Å². The molecule has 0 saturated carbocycles. The average Bonchev–Trinajstić information content (AvgIpc) is 2.92. The molecule has 0 spiro atoms. The molecule has 1 fully saturated rings. The van der Waals surface area contributed by atoms with Crippen LogP contribution in [0.25, 0.3) is 0 Å². The van der Waals surface area contributed by atoms with Crippen molar-refractivity contribution in [2.24, 2.45) is 5.92 Å². The lowest BCUT2D eigenvalue weighted by molar-refractivity contribution is -0.151. The highest BCUT2D eigenvalue weighted by atomic mass is 16.5. The van der Waals surface area contributed by atoms with E-state index < -0.39 is 29.1 Å². The summed E-state index contributed by atoms with van der Waals surface area (Å²) in [4.78, 5) is 36.3. The van der Waals surface area contributed by atoms with Crippen LogP contribution >= 0.6 is 0 Å². The highest BCUT2D eigenvalue weighted by molar-refractivity contribution is 6.07. The summed E-state index contributed by atoms with van der Waals surface area (Å²) in [7, 11) is 2.77. The van der Waals surface area contributed by atoms with E-state index in [9.17, 15) is 14.4 Å².